The number of nitrogens with one attached hydrogen (secondary N) is 1. The Morgan fingerprint density at radius 3 is 2.38 bits per heavy atom. The lowest BCUT2D eigenvalue weighted by Crippen LogP contribution is -2.27. The maximum atomic E-state index is 13.1. The number of ether oxygens (including phenoxy) is 2. The Labute approximate surface area is 127 Å². The first-order valence-electron chi connectivity index (χ1n) is 7.51. The molecule has 1 aromatic carbocycles. The van der Waals surface area contributed by atoms with Crippen LogP contribution in [0.15, 0.2) is 24.3 Å². The van der Waals surface area contributed by atoms with Gasteiger partial charge >= 0.3 is 0 Å². The fraction of sp³-hybridized carbons (Fsp3) is 0.647. The van der Waals surface area contributed by atoms with Gasteiger partial charge in [0.2, 0.25) is 0 Å². The fourth-order valence-electron chi connectivity index (χ4n) is 2.08. The summed E-state index contributed by atoms with van der Waals surface area (Å²) in [7, 11) is 1.69. The van der Waals surface area contributed by atoms with Crippen LogP contribution in [0.5, 0.6) is 0 Å². The van der Waals surface area contributed by atoms with Gasteiger partial charge in [-0.1, -0.05) is 12.1 Å². The van der Waals surface area contributed by atoms with E-state index in [1.165, 1.54) is 12.1 Å². The molecule has 3 nitrogen and oxygen atoms in total. The van der Waals surface area contributed by atoms with E-state index in [0.29, 0.717) is 19.1 Å². The maximum absolute atomic E-state index is 13.1. The molecule has 0 bridgehead atoms. The van der Waals surface area contributed by atoms with E-state index in [-0.39, 0.29) is 11.4 Å². The molecule has 21 heavy (non-hydrogen) atoms. The van der Waals surface area contributed by atoms with Crippen molar-refractivity contribution in [3.63, 3.8) is 0 Å². The molecule has 0 radical (unpaired) electrons. The molecule has 4 heteroatoms. The van der Waals surface area contributed by atoms with Crippen molar-refractivity contribution in [1.82, 2.24) is 5.32 Å². The van der Waals surface area contributed by atoms with E-state index in [0.717, 1.165) is 25.1 Å². The average Bonchev–Trinajstić information content (AvgIpc) is 2.41. The van der Waals surface area contributed by atoms with Gasteiger partial charge in [-0.25, -0.2) is 4.39 Å². The van der Waals surface area contributed by atoms with Gasteiger partial charge in [0.05, 0.1) is 12.2 Å². The van der Waals surface area contributed by atoms with Crippen molar-refractivity contribution in [2.24, 2.45) is 0 Å². The molecule has 0 amide bonds. The summed E-state index contributed by atoms with van der Waals surface area (Å²) in [5.41, 5.74) is 1.01. The molecule has 0 saturated heterocycles. The molecule has 120 valence electrons. The summed E-state index contributed by atoms with van der Waals surface area (Å²) in [6.07, 6.45) is 0.906. The maximum Gasteiger partial charge on any atom is 0.123 e. The van der Waals surface area contributed by atoms with Crippen LogP contribution in [0.1, 0.15) is 38.7 Å². The number of hydrogen-bond acceptors (Lipinski definition) is 3. The van der Waals surface area contributed by atoms with Gasteiger partial charge in [-0.2, -0.15) is 0 Å². The van der Waals surface area contributed by atoms with Crippen LogP contribution in [-0.4, -0.2) is 39.0 Å². The van der Waals surface area contributed by atoms with Crippen molar-refractivity contribution >= 4 is 0 Å². The van der Waals surface area contributed by atoms with Gasteiger partial charge in [-0.3, -0.25) is 0 Å². The third-order valence-corrected chi connectivity index (χ3v) is 3.22. The largest absolute Gasteiger partial charge is 0.383 e. The van der Waals surface area contributed by atoms with E-state index < -0.39 is 0 Å². The van der Waals surface area contributed by atoms with Crippen LogP contribution in [0, 0.1) is 5.82 Å². The van der Waals surface area contributed by atoms with Crippen LogP contribution in [0.2, 0.25) is 0 Å². The molecule has 1 rings (SSSR count). The zero-order valence-electron chi connectivity index (χ0n) is 13.6. The molecular weight excluding hydrogens is 269 g/mol. The van der Waals surface area contributed by atoms with Crippen molar-refractivity contribution in [2.45, 2.75) is 38.7 Å². The van der Waals surface area contributed by atoms with E-state index in [2.05, 4.69) is 26.1 Å². The standard InChI is InChI=1S/C17H28FNO2/c1-17(2,3)21-11-9-15(13-19-10-12-20-4)14-5-7-16(18)8-6-14/h5-8,15,19H,9-13H2,1-4H3. The average molecular weight is 297 g/mol. The quantitative estimate of drug-likeness (QED) is 0.709. The summed E-state index contributed by atoms with van der Waals surface area (Å²) in [5.74, 6) is 0.112. The van der Waals surface area contributed by atoms with E-state index in [1.54, 1.807) is 7.11 Å². The first-order valence-corrected chi connectivity index (χ1v) is 7.51. The highest BCUT2D eigenvalue weighted by molar-refractivity contribution is 5.20. The monoisotopic (exact) mass is 297 g/mol. The molecular formula is C17H28FNO2. The lowest BCUT2D eigenvalue weighted by atomic mass is 9.96. The first-order chi connectivity index (χ1) is 9.92. The Bertz CT molecular complexity index is 387. The highest BCUT2D eigenvalue weighted by atomic mass is 19.1. The first kappa shape index (κ1) is 18.1. The fourth-order valence-corrected chi connectivity index (χ4v) is 2.08. The van der Waals surface area contributed by atoms with Gasteiger partial charge in [0.15, 0.2) is 0 Å². The molecule has 1 aromatic rings. The molecule has 1 N–H and O–H groups in total. The molecule has 0 saturated carbocycles. The molecule has 0 spiro atoms. The van der Waals surface area contributed by atoms with Gasteiger partial charge in [-0.15, -0.1) is 0 Å². The van der Waals surface area contributed by atoms with Crippen molar-refractivity contribution in [1.29, 1.82) is 0 Å². The SMILES string of the molecule is COCCNCC(CCOC(C)(C)C)c1ccc(F)cc1. The molecule has 1 atom stereocenters. The Morgan fingerprint density at radius 2 is 1.81 bits per heavy atom. The van der Waals surface area contributed by atoms with Gasteiger partial charge in [-0.05, 0) is 50.8 Å². The summed E-state index contributed by atoms with van der Waals surface area (Å²) >= 11 is 0. The molecule has 0 heterocycles. The second kappa shape index (κ2) is 9.13. The zero-order chi connectivity index (χ0) is 15.7. The summed E-state index contributed by atoms with van der Waals surface area (Å²) in [6, 6.07) is 6.74. The van der Waals surface area contributed by atoms with Crippen molar-refractivity contribution < 1.29 is 13.9 Å². The highest BCUT2D eigenvalue weighted by Gasteiger charge is 2.15. The number of benzene rings is 1. The Hall–Kier alpha value is -0.970. The number of halogens is 1. The minimum atomic E-state index is -0.198. The molecule has 0 aliphatic carbocycles. The summed E-state index contributed by atoms with van der Waals surface area (Å²) in [6.45, 7) is 9.19. The number of methoxy groups -OCH3 is 1. The van der Waals surface area contributed by atoms with Crippen LogP contribution in [-0.2, 0) is 9.47 Å². The van der Waals surface area contributed by atoms with E-state index in [9.17, 15) is 4.39 Å². The smallest absolute Gasteiger partial charge is 0.123 e. The number of hydrogen-bond donors (Lipinski definition) is 1. The van der Waals surface area contributed by atoms with Crippen LogP contribution in [0.3, 0.4) is 0 Å². The Morgan fingerprint density at radius 1 is 1.14 bits per heavy atom. The van der Waals surface area contributed by atoms with Crippen molar-refractivity contribution in [2.75, 3.05) is 33.4 Å². The minimum absolute atomic E-state index is 0.128. The lowest BCUT2D eigenvalue weighted by Gasteiger charge is -2.23. The Balaban J connectivity index is 2.54. The molecule has 0 fully saturated rings. The topological polar surface area (TPSA) is 30.5 Å². The lowest BCUT2D eigenvalue weighted by molar-refractivity contribution is -0.00625. The molecule has 0 aliphatic rings. The second-order valence-electron chi connectivity index (χ2n) is 6.19. The summed E-state index contributed by atoms with van der Waals surface area (Å²) < 4.78 is 23.9. The highest BCUT2D eigenvalue weighted by Crippen LogP contribution is 2.21. The van der Waals surface area contributed by atoms with Crippen LogP contribution < -0.4 is 5.32 Å². The minimum Gasteiger partial charge on any atom is -0.383 e. The second-order valence-corrected chi connectivity index (χ2v) is 6.19. The number of rotatable bonds is 9. The van der Waals surface area contributed by atoms with Crippen LogP contribution >= 0.6 is 0 Å². The predicted octanol–water partition coefficient (Wildman–Crippen LogP) is 3.35. The predicted molar refractivity (Wildman–Crippen MR) is 84.2 cm³/mol. The summed E-state index contributed by atoms with van der Waals surface area (Å²) in [4.78, 5) is 0. The molecule has 0 aliphatic heterocycles. The van der Waals surface area contributed by atoms with Gasteiger partial charge in [0.1, 0.15) is 5.82 Å². The Kier molecular flexibility index (Phi) is 7.86. The van der Waals surface area contributed by atoms with Gasteiger partial charge in [0.25, 0.3) is 0 Å². The van der Waals surface area contributed by atoms with Crippen molar-refractivity contribution in [3.05, 3.63) is 35.6 Å². The third kappa shape index (κ3) is 8.15. The van der Waals surface area contributed by atoms with Crippen molar-refractivity contribution in [3.8, 4) is 0 Å². The molecule has 0 aromatic heterocycles. The third-order valence-electron chi connectivity index (χ3n) is 3.22. The van der Waals surface area contributed by atoms with Crippen LogP contribution in [0.25, 0.3) is 0 Å². The van der Waals surface area contributed by atoms with Gasteiger partial charge in [0, 0.05) is 26.8 Å². The zero-order valence-corrected chi connectivity index (χ0v) is 13.6. The van der Waals surface area contributed by atoms with E-state index >= 15 is 0 Å². The normalized spacial score (nSPS) is 13.4. The molecule has 1 unspecified atom stereocenters. The summed E-state index contributed by atoms with van der Waals surface area (Å²) in [5, 5.41) is 3.37. The van der Waals surface area contributed by atoms with Crippen LogP contribution in [0.4, 0.5) is 4.39 Å². The van der Waals surface area contributed by atoms with Gasteiger partial charge < -0.3 is 14.8 Å². The van der Waals surface area contributed by atoms with E-state index in [1.807, 2.05) is 12.1 Å². The van der Waals surface area contributed by atoms with E-state index in [4.69, 9.17) is 9.47 Å².